The van der Waals surface area contributed by atoms with Gasteiger partial charge >= 0.3 is 6.18 Å². The molecule has 0 aliphatic rings. The van der Waals surface area contributed by atoms with Crippen LogP contribution in [0.15, 0.2) is 59.5 Å². The van der Waals surface area contributed by atoms with Gasteiger partial charge in [-0.2, -0.15) is 13.2 Å². The van der Waals surface area contributed by atoms with Gasteiger partial charge in [0, 0.05) is 18.4 Å². The maximum absolute atomic E-state index is 13.3. The second kappa shape index (κ2) is 7.78. The van der Waals surface area contributed by atoms with Gasteiger partial charge in [-0.05, 0) is 35.9 Å². The SMILES string of the molecule is CS(=O)(=O)c1ccc(-c2cc(C(F)(F)F)nc(NCc3ccc([18F])cc3)n2)cc1. The number of sulfone groups is 1. The van der Waals surface area contributed by atoms with Gasteiger partial charge in [-0.1, -0.05) is 24.3 Å². The largest absolute Gasteiger partial charge is 0.433 e. The van der Waals surface area contributed by atoms with Gasteiger partial charge in [-0.3, -0.25) is 0 Å². The van der Waals surface area contributed by atoms with Crippen LogP contribution in [0.5, 0.6) is 0 Å². The summed E-state index contributed by atoms with van der Waals surface area (Å²) in [5.74, 6) is -0.685. The average Bonchev–Trinajstić information content (AvgIpc) is 2.66. The highest BCUT2D eigenvalue weighted by Crippen LogP contribution is 2.31. The fourth-order valence-corrected chi connectivity index (χ4v) is 3.11. The number of hydrogen-bond acceptors (Lipinski definition) is 5. The molecule has 0 radical (unpaired) electrons. The first kappa shape index (κ1) is 20.7. The van der Waals surface area contributed by atoms with Crippen molar-refractivity contribution in [2.75, 3.05) is 11.6 Å². The summed E-state index contributed by atoms with van der Waals surface area (Å²) in [6.45, 7) is 0.0913. The second-order valence-corrected chi connectivity index (χ2v) is 8.25. The molecular formula is C19H15F4N3O2S. The van der Waals surface area contributed by atoms with Crippen molar-refractivity contribution in [2.45, 2.75) is 17.6 Å². The summed E-state index contributed by atoms with van der Waals surface area (Å²) < 4.78 is 75.8. The molecular weight excluding hydrogens is 409 g/mol. The van der Waals surface area contributed by atoms with E-state index in [-0.39, 0.29) is 23.1 Å². The Bertz CT molecular complexity index is 1110. The normalized spacial score (nSPS) is 12.0. The van der Waals surface area contributed by atoms with Gasteiger partial charge in [-0.15, -0.1) is 0 Å². The number of anilines is 1. The van der Waals surface area contributed by atoms with Crippen molar-refractivity contribution in [3.63, 3.8) is 0 Å². The lowest BCUT2D eigenvalue weighted by Gasteiger charge is -2.12. The maximum atomic E-state index is 13.3. The van der Waals surface area contributed by atoms with Crippen LogP contribution in [-0.4, -0.2) is 24.6 Å². The summed E-state index contributed by atoms with van der Waals surface area (Å²) in [7, 11) is -3.44. The predicted molar refractivity (Wildman–Crippen MR) is 99.3 cm³/mol. The zero-order valence-electron chi connectivity index (χ0n) is 15.0. The molecule has 3 aromatic rings. The maximum Gasteiger partial charge on any atom is 0.433 e. The number of halogens is 4. The third-order valence-corrected chi connectivity index (χ3v) is 5.09. The average molecular weight is 424 g/mol. The number of nitrogens with zero attached hydrogens (tertiary/aromatic N) is 2. The van der Waals surface area contributed by atoms with E-state index in [1.54, 1.807) is 0 Å². The van der Waals surface area contributed by atoms with Crippen LogP contribution in [0.2, 0.25) is 0 Å². The third kappa shape index (κ3) is 5.29. The summed E-state index contributed by atoms with van der Waals surface area (Å²) in [4.78, 5) is 7.64. The molecule has 0 fully saturated rings. The molecule has 0 aliphatic heterocycles. The molecule has 29 heavy (non-hydrogen) atoms. The molecule has 3 rings (SSSR count). The van der Waals surface area contributed by atoms with E-state index in [9.17, 15) is 26.0 Å². The molecule has 1 N–H and O–H groups in total. The molecule has 10 heteroatoms. The first-order valence-electron chi connectivity index (χ1n) is 8.27. The van der Waals surface area contributed by atoms with Gasteiger partial charge in [0.15, 0.2) is 15.5 Å². The Morgan fingerprint density at radius 3 is 2.14 bits per heavy atom. The molecule has 0 spiro atoms. The van der Waals surface area contributed by atoms with Crippen LogP contribution in [0, 0.1) is 5.82 Å². The third-order valence-electron chi connectivity index (χ3n) is 3.96. The summed E-state index contributed by atoms with van der Waals surface area (Å²) in [5, 5.41) is 2.70. The van der Waals surface area contributed by atoms with Crippen molar-refractivity contribution in [1.29, 1.82) is 0 Å². The van der Waals surface area contributed by atoms with Gasteiger partial charge in [0.25, 0.3) is 0 Å². The van der Waals surface area contributed by atoms with Crippen LogP contribution in [0.3, 0.4) is 0 Å². The summed E-state index contributed by atoms with van der Waals surface area (Å²) >= 11 is 0. The minimum Gasteiger partial charge on any atom is -0.350 e. The summed E-state index contributed by atoms with van der Waals surface area (Å²) in [6.07, 6.45) is -3.66. The molecule has 0 unspecified atom stereocenters. The fourth-order valence-electron chi connectivity index (χ4n) is 2.48. The van der Waals surface area contributed by atoms with E-state index in [0.29, 0.717) is 11.1 Å². The molecule has 2 aromatic carbocycles. The minimum absolute atomic E-state index is 0.0195. The Morgan fingerprint density at radius 1 is 0.966 bits per heavy atom. The number of rotatable bonds is 5. The Hall–Kier alpha value is -3.01. The Labute approximate surface area is 164 Å². The number of aromatic nitrogens is 2. The lowest BCUT2D eigenvalue weighted by atomic mass is 10.1. The molecule has 0 atom stereocenters. The highest BCUT2D eigenvalue weighted by Gasteiger charge is 2.33. The van der Waals surface area contributed by atoms with Gasteiger partial charge in [0.1, 0.15) is 5.82 Å². The van der Waals surface area contributed by atoms with E-state index in [0.717, 1.165) is 12.3 Å². The topological polar surface area (TPSA) is 72.0 Å². The zero-order valence-corrected chi connectivity index (χ0v) is 15.9. The van der Waals surface area contributed by atoms with Crippen LogP contribution >= 0.6 is 0 Å². The van der Waals surface area contributed by atoms with Gasteiger partial charge in [0.2, 0.25) is 5.95 Å². The molecule has 0 saturated heterocycles. The highest BCUT2D eigenvalue weighted by molar-refractivity contribution is 7.90. The van der Waals surface area contributed by atoms with E-state index in [2.05, 4.69) is 15.3 Å². The zero-order chi connectivity index (χ0) is 21.2. The second-order valence-electron chi connectivity index (χ2n) is 6.24. The van der Waals surface area contributed by atoms with Crippen molar-refractivity contribution in [2.24, 2.45) is 0 Å². The number of alkyl halides is 3. The molecule has 5 nitrogen and oxygen atoms in total. The summed E-state index contributed by atoms with van der Waals surface area (Å²) in [5.41, 5.74) is -0.230. The Morgan fingerprint density at radius 2 is 1.59 bits per heavy atom. The van der Waals surface area contributed by atoms with Crippen LogP contribution < -0.4 is 5.32 Å². The smallest absolute Gasteiger partial charge is 0.350 e. The lowest BCUT2D eigenvalue weighted by molar-refractivity contribution is -0.141. The molecule has 0 saturated carbocycles. The predicted octanol–water partition coefficient (Wildman–Crippen LogP) is 4.32. The number of nitrogens with one attached hydrogen (secondary N) is 1. The first-order valence-corrected chi connectivity index (χ1v) is 10.2. The molecule has 1 aromatic heterocycles. The monoisotopic (exact) mass is 424 g/mol. The Kier molecular flexibility index (Phi) is 5.56. The van der Waals surface area contributed by atoms with Gasteiger partial charge in [0.05, 0.1) is 10.6 Å². The van der Waals surface area contributed by atoms with Crippen molar-refractivity contribution >= 4 is 15.8 Å². The van der Waals surface area contributed by atoms with E-state index in [1.165, 1.54) is 48.5 Å². The van der Waals surface area contributed by atoms with Crippen molar-refractivity contribution in [1.82, 2.24) is 9.97 Å². The van der Waals surface area contributed by atoms with E-state index in [4.69, 9.17) is 0 Å². The van der Waals surface area contributed by atoms with Crippen molar-refractivity contribution < 1.29 is 26.0 Å². The van der Waals surface area contributed by atoms with E-state index in [1.807, 2.05) is 0 Å². The van der Waals surface area contributed by atoms with Crippen LogP contribution in [0.1, 0.15) is 11.3 Å². The number of benzene rings is 2. The quantitative estimate of drug-likeness (QED) is 0.618. The van der Waals surface area contributed by atoms with Crippen LogP contribution in [0.25, 0.3) is 11.3 Å². The van der Waals surface area contributed by atoms with E-state index >= 15 is 0 Å². The molecule has 0 bridgehead atoms. The van der Waals surface area contributed by atoms with Crippen LogP contribution in [0.4, 0.5) is 23.5 Å². The molecule has 1 heterocycles. The Balaban J connectivity index is 1.94. The first-order chi connectivity index (χ1) is 13.5. The molecule has 0 aliphatic carbocycles. The van der Waals surface area contributed by atoms with Crippen molar-refractivity contribution in [3.05, 3.63) is 71.7 Å². The highest BCUT2D eigenvalue weighted by atomic mass is 32.2. The molecule has 152 valence electrons. The van der Waals surface area contributed by atoms with Crippen molar-refractivity contribution in [3.8, 4) is 11.3 Å². The fraction of sp³-hybridized carbons (Fsp3) is 0.158. The van der Waals surface area contributed by atoms with Crippen LogP contribution in [-0.2, 0) is 22.6 Å². The minimum atomic E-state index is -4.70. The molecule has 0 amide bonds. The van der Waals surface area contributed by atoms with Gasteiger partial charge in [-0.25, -0.2) is 22.8 Å². The standard InChI is InChI=1S/C19H15F4N3O2S/c1-29(27,28)15-8-4-13(5-9-15)16-10-17(19(21,22)23)26-18(25-16)24-11-12-2-6-14(20)7-3-12/h2-10H,11H2,1H3,(H,24,25,26)/i20-1. The lowest BCUT2D eigenvalue weighted by Crippen LogP contribution is -2.12. The number of hydrogen-bond donors (Lipinski definition) is 1. The summed E-state index contributed by atoms with van der Waals surface area (Å²) in [6, 6.07) is 11.6. The van der Waals surface area contributed by atoms with E-state index < -0.39 is 27.5 Å². The van der Waals surface area contributed by atoms with Gasteiger partial charge < -0.3 is 5.32 Å².